The highest BCUT2D eigenvalue weighted by molar-refractivity contribution is 7.92. The highest BCUT2D eigenvalue weighted by Crippen LogP contribution is 2.28. The average molecular weight is 509 g/mol. The van der Waals surface area contributed by atoms with E-state index in [1.54, 1.807) is 45.2 Å². The van der Waals surface area contributed by atoms with Crippen molar-refractivity contribution >= 4 is 15.7 Å². The van der Waals surface area contributed by atoms with Crippen LogP contribution in [0.2, 0.25) is 0 Å². The Morgan fingerprint density at radius 1 is 1.00 bits per heavy atom. The summed E-state index contributed by atoms with van der Waals surface area (Å²) in [7, 11) is -1.69. The van der Waals surface area contributed by atoms with Gasteiger partial charge in [0.2, 0.25) is 5.89 Å². The van der Waals surface area contributed by atoms with Crippen LogP contribution in [0.5, 0.6) is 0 Å². The lowest BCUT2D eigenvalue weighted by Crippen LogP contribution is -2.18. The number of nitrogens with one attached hydrogen (secondary N) is 1. The summed E-state index contributed by atoms with van der Waals surface area (Å²) < 4.78 is 35.7. The molecule has 0 saturated carbocycles. The third kappa shape index (κ3) is 5.59. The van der Waals surface area contributed by atoms with Crippen LogP contribution in [0.4, 0.5) is 5.82 Å². The summed E-state index contributed by atoms with van der Waals surface area (Å²) in [6.07, 6.45) is 1.52. The summed E-state index contributed by atoms with van der Waals surface area (Å²) in [4.78, 5) is 9.03. The minimum absolute atomic E-state index is 0.140. The average Bonchev–Trinajstić information content (AvgIpc) is 3.37. The number of methoxy groups -OCH3 is 1. The van der Waals surface area contributed by atoms with E-state index in [1.165, 1.54) is 6.20 Å². The van der Waals surface area contributed by atoms with Crippen LogP contribution in [0.1, 0.15) is 19.4 Å². The lowest BCUT2D eigenvalue weighted by Gasteiger charge is -2.09. The van der Waals surface area contributed by atoms with Crippen LogP contribution in [0.3, 0.4) is 0 Å². The second kappa shape index (κ2) is 10.9. The Morgan fingerprint density at radius 2 is 1.67 bits per heavy atom. The molecule has 4 aromatic rings. The summed E-state index contributed by atoms with van der Waals surface area (Å²) in [6, 6.07) is 14.3. The Hall–Kier alpha value is -3.67. The van der Waals surface area contributed by atoms with Gasteiger partial charge >= 0.3 is 0 Å². The van der Waals surface area contributed by atoms with Crippen molar-refractivity contribution in [3.8, 4) is 34.3 Å². The number of nitrogen functional groups attached to an aromatic ring is 1. The maximum absolute atomic E-state index is 12.4. The van der Waals surface area contributed by atoms with E-state index < -0.39 is 15.1 Å². The number of hydrogen-bond acceptors (Lipinski definition) is 10. The second-order valence-electron chi connectivity index (χ2n) is 8.39. The number of aromatic nitrogens is 4. The maximum atomic E-state index is 12.4. The van der Waals surface area contributed by atoms with Crippen molar-refractivity contribution in [2.24, 2.45) is 0 Å². The van der Waals surface area contributed by atoms with Gasteiger partial charge in [-0.15, -0.1) is 10.2 Å². The molecule has 0 atom stereocenters. The van der Waals surface area contributed by atoms with Gasteiger partial charge in [-0.1, -0.05) is 24.3 Å². The largest absolute Gasteiger partial charge is 0.414 e. The van der Waals surface area contributed by atoms with Crippen molar-refractivity contribution in [3.63, 3.8) is 0 Å². The summed E-state index contributed by atoms with van der Waals surface area (Å²) in [5, 5.41) is 11.0. The Labute approximate surface area is 209 Å². The molecule has 0 bridgehead atoms. The molecule has 0 aliphatic rings. The molecule has 0 amide bonds. The lowest BCUT2D eigenvalue weighted by molar-refractivity contribution is 0.199. The fourth-order valence-electron chi connectivity index (χ4n) is 3.39. The highest BCUT2D eigenvalue weighted by atomic mass is 32.2. The predicted molar refractivity (Wildman–Crippen MR) is 137 cm³/mol. The molecule has 0 aliphatic heterocycles. The monoisotopic (exact) mass is 508 g/mol. The van der Waals surface area contributed by atoms with Crippen molar-refractivity contribution in [3.05, 3.63) is 60.3 Å². The van der Waals surface area contributed by atoms with E-state index in [9.17, 15) is 8.42 Å². The number of ether oxygens (including phenoxy) is 1. The van der Waals surface area contributed by atoms with Crippen LogP contribution in [0.15, 0.2) is 64.0 Å². The molecule has 0 fully saturated rings. The smallest absolute Gasteiger partial charge is 0.270 e. The predicted octanol–water partition coefficient (Wildman–Crippen LogP) is 3.36. The summed E-state index contributed by atoms with van der Waals surface area (Å²) in [6.45, 7) is 5.45. The molecule has 0 saturated heterocycles. The molecule has 0 aliphatic carbocycles. The minimum Gasteiger partial charge on any atom is -0.414 e. The molecule has 3 N–H and O–H groups in total. The van der Waals surface area contributed by atoms with E-state index in [-0.39, 0.29) is 22.3 Å². The third-order valence-corrected chi connectivity index (χ3v) is 7.71. The zero-order valence-corrected chi connectivity index (χ0v) is 21.1. The maximum Gasteiger partial charge on any atom is 0.270 e. The Morgan fingerprint density at radius 3 is 2.33 bits per heavy atom. The van der Waals surface area contributed by atoms with E-state index in [2.05, 4.69) is 25.5 Å². The lowest BCUT2D eigenvalue weighted by atomic mass is 10.1. The van der Waals surface area contributed by atoms with Crippen molar-refractivity contribution < 1.29 is 17.6 Å². The molecular formula is C25H28N6O4S. The van der Waals surface area contributed by atoms with E-state index >= 15 is 0 Å². The SMILES string of the molecule is COCCNCc1ccc(-c2nnc(-c3nc(-c4ccc(S(=O)(=O)C(C)C)cc4)cnc3N)o2)cc1. The fourth-order valence-corrected chi connectivity index (χ4v) is 4.45. The van der Waals surface area contributed by atoms with Gasteiger partial charge in [0.25, 0.3) is 5.89 Å². The van der Waals surface area contributed by atoms with Crippen LogP contribution < -0.4 is 11.1 Å². The quantitative estimate of drug-likeness (QED) is 0.306. The van der Waals surface area contributed by atoms with Crippen molar-refractivity contribution in [2.75, 3.05) is 26.0 Å². The molecule has 2 aromatic carbocycles. The molecule has 0 unspecified atom stereocenters. The number of hydrogen-bond donors (Lipinski definition) is 2. The Balaban J connectivity index is 1.54. The van der Waals surface area contributed by atoms with Gasteiger partial charge in [-0.3, -0.25) is 0 Å². The third-order valence-electron chi connectivity index (χ3n) is 5.54. The van der Waals surface area contributed by atoms with Gasteiger partial charge in [0.15, 0.2) is 21.3 Å². The van der Waals surface area contributed by atoms with Gasteiger partial charge < -0.3 is 20.2 Å². The molecule has 0 radical (unpaired) electrons. The highest BCUT2D eigenvalue weighted by Gasteiger charge is 2.20. The molecule has 36 heavy (non-hydrogen) atoms. The van der Waals surface area contributed by atoms with Crippen molar-refractivity contribution in [1.82, 2.24) is 25.5 Å². The van der Waals surface area contributed by atoms with Crippen LogP contribution in [-0.2, 0) is 21.1 Å². The number of anilines is 1. The zero-order valence-electron chi connectivity index (χ0n) is 20.3. The van der Waals surface area contributed by atoms with Crippen LogP contribution >= 0.6 is 0 Å². The van der Waals surface area contributed by atoms with Gasteiger partial charge in [0.1, 0.15) is 0 Å². The first-order chi connectivity index (χ1) is 17.3. The topological polar surface area (TPSA) is 146 Å². The molecule has 10 nitrogen and oxygen atoms in total. The van der Waals surface area contributed by atoms with Crippen LogP contribution in [0, 0.1) is 0 Å². The number of sulfone groups is 1. The first-order valence-corrected chi connectivity index (χ1v) is 12.9. The zero-order chi connectivity index (χ0) is 25.7. The summed E-state index contributed by atoms with van der Waals surface area (Å²) in [5.74, 6) is 0.616. The molecule has 0 spiro atoms. The standard InChI is InChI=1S/C25H28N6O4S/c1-16(2)36(32,33)20-10-8-18(9-11-20)21-15-28-23(26)22(29-21)25-31-30-24(35-25)19-6-4-17(5-7-19)14-27-12-13-34-3/h4-11,15-16,27H,12-14H2,1-3H3,(H2,26,28). The van der Waals surface area contributed by atoms with Crippen molar-refractivity contribution in [1.29, 1.82) is 0 Å². The van der Waals surface area contributed by atoms with Gasteiger partial charge in [0.05, 0.1) is 28.6 Å². The number of nitrogens with two attached hydrogens (primary N) is 1. The van der Waals surface area contributed by atoms with Crippen LogP contribution in [-0.4, -0.2) is 54.1 Å². The summed E-state index contributed by atoms with van der Waals surface area (Å²) in [5.41, 5.74) is 9.36. The number of benzene rings is 2. The molecular weight excluding hydrogens is 480 g/mol. The number of nitrogens with zero attached hydrogens (tertiary/aromatic N) is 4. The van der Waals surface area contributed by atoms with E-state index in [1.807, 2.05) is 24.3 Å². The van der Waals surface area contributed by atoms with E-state index in [4.69, 9.17) is 14.9 Å². The van der Waals surface area contributed by atoms with Gasteiger partial charge in [-0.05, 0) is 43.7 Å². The van der Waals surface area contributed by atoms with Crippen molar-refractivity contribution in [2.45, 2.75) is 30.5 Å². The first-order valence-electron chi connectivity index (χ1n) is 11.4. The van der Waals surface area contributed by atoms with Gasteiger partial charge in [0, 0.05) is 31.3 Å². The molecule has 2 aromatic heterocycles. The molecule has 2 heterocycles. The Kier molecular flexibility index (Phi) is 7.73. The van der Waals surface area contributed by atoms with Crippen LogP contribution in [0.25, 0.3) is 34.3 Å². The minimum atomic E-state index is -3.37. The van der Waals surface area contributed by atoms with E-state index in [0.717, 1.165) is 24.2 Å². The first kappa shape index (κ1) is 25.4. The van der Waals surface area contributed by atoms with E-state index in [0.29, 0.717) is 23.8 Å². The molecule has 188 valence electrons. The fraction of sp³-hybridized carbons (Fsp3) is 0.280. The number of rotatable bonds is 10. The van der Waals surface area contributed by atoms with Gasteiger partial charge in [-0.2, -0.15) is 0 Å². The molecule has 11 heteroatoms. The Bertz CT molecular complexity index is 1420. The summed E-state index contributed by atoms with van der Waals surface area (Å²) >= 11 is 0. The second-order valence-corrected chi connectivity index (χ2v) is 10.9. The van der Waals surface area contributed by atoms with Gasteiger partial charge in [-0.25, -0.2) is 18.4 Å². The normalized spacial score (nSPS) is 11.8. The molecule has 4 rings (SSSR count).